The van der Waals surface area contributed by atoms with Crippen LogP contribution in [-0.4, -0.2) is 29.2 Å². The van der Waals surface area contributed by atoms with Gasteiger partial charge in [-0.1, -0.05) is 26.7 Å². The molecule has 0 saturated heterocycles. The first-order chi connectivity index (χ1) is 8.61. The highest BCUT2D eigenvalue weighted by atomic mass is 16.5. The quantitative estimate of drug-likeness (QED) is 0.512. The molecule has 1 heterocycles. The number of nitrogens with zero attached hydrogens (tertiary/aromatic N) is 1. The van der Waals surface area contributed by atoms with Crippen LogP contribution >= 0.6 is 0 Å². The molecule has 0 fully saturated rings. The van der Waals surface area contributed by atoms with Crippen molar-refractivity contribution >= 4 is 17.7 Å². The number of carbonyl (C=O) groups is 3. The van der Waals surface area contributed by atoms with Crippen molar-refractivity contribution in [1.29, 1.82) is 0 Å². The van der Waals surface area contributed by atoms with E-state index in [1.54, 1.807) is 0 Å². The Labute approximate surface area is 107 Å². The Morgan fingerprint density at radius 2 is 1.94 bits per heavy atom. The molecule has 0 aromatic rings. The highest BCUT2D eigenvalue weighted by Crippen LogP contribution is 2.16. The molecule has 0 radical (unpaired) electrons. The van der Waals surface area contributed by atoms with Crippen LogP contribution in [0, 0.1) is 0 Å². The number of rotatable bonds is 7. The van der Waals surface area contributed by atoms with Crippen molar-refractivity contribution in [1.82, 2.24) is 4.90 Å². The molecule has 0 aromatic carbocycles. The summed E-state index contributed by atoms with van der Waals surface area (Å²) >= 11 is 0. The number of ether oxygens (including phenoxy) is 1. The summed E-state index contributed by atoms with van der Waals surface area (Å²) in [5.74, 6) is -1.70. The van der Waals surface area contributed by atoms with Crippen molar-refractivity contribution < 1.29 is 19.1 Å². The fourth-order valence-corrected chi connectivity index (χ4v) is 1.65. The molecule has 0 aromatic heterocycles. The van der Waals surface area contributed by atoms with Gasteiger partial charge in [-0.2, -0.15) is 0 Å². The number of hydrogen-bond acceptors (Lipinski definition) is 4. The Bertz CT molecular complexity index is 373. The van der Waals surface area contributed by atoms with Crippen molar-refractivity contribution in [2.75, 3.05) is 6.61 Å². The first kappa shape index (κ1) is 14.4. The van der Waals surface area contributed by atoms with Crippen LogP contribution in [0.2, 0.25) is 0 Å². The Morgan fingerprint density at radius 3 is 2.56 bits per heavy atom. The second kappa shape index (κ2) is 6.93. The molecule has 3 amide bonds. The molecule has 1 aliphatic rings. The van der Waals surface area contributed by atoms with E-state index >= 15 is 0 Å². The van der Waals surface area contributed by atoms with Crippen LogP contribution < -0.4 is 0 Å². The van der Waals surface area contributed by atoms with E-state index in [9.17, 15) is 14.4 Å². The molecule has 0 spiro atoms. The maximum atomic E-state index is 11.8. The first-order valence-electron chi connectivity index (χ1n) is 6.37. The topological polar surface area (TPSA) is 63.7 Å². The van der Waals surface area contributed by atoms with E-state index in [4.69, 9.17) is 4.74 Å². The van der Waals surface area contributed by atoms with Gasteiger partial charge in [0.15, 0.2) is 5.76 Å². The van der Waals surface area contributed by atoms with Crippen molar-refractivity contribution in [3.05, 3.63) is 11.8 Å². The van der Waals surface area contributed by atoms with Crippen LogP contribution in [0.3, 0.4) is 0 Å². The second-order valence-corrected chi connectivity index (χ2v) is 4.19. The molecule has 1 rings (SSSR count). The summed E-state index contributed by atoms with van der Waals surface area (Å²) in [4.78, 5) is 35.6. The summed E-state index contributed by atoms with van der Waals surface area (Å²) in [6, 6.07) is 0. The van der Waals surface area contributed by atoms with Gasteiger partial charge in [-0.3, -0.25) is 14.4 Å². The summed E-state index contributed by atoms with van der Waals surface area (Å²) in [7, 11) is 0. The molecular weight excluding hydrogens is 234 g/mol. The van der Waals surface area contributed by atoms with Gasteiger partial charge in [-0.25, -0.2) is 4.90 Å². The van der Waals surface area contributed by atoms with E-state index in [1.807, 2.05) is 6.92 Å². The van der Waals surface area contributed by atoms with Crippen LogP contribution in [0.1, 0.15) is 46.0 Å². The minimum atomic E-state index is -0.630. The normalized spacial score (nSPS) is 15.0. The highest BCUT2D eigenvalue weighted by Gasteiger charge is 2.36. The molecule has 18 heavy (non-hydrogen) atoms. The maximum Gasteiger partial charge on any atom is 0.302 e. The van der Waals surface area contributed by atoms with Crippen LogP contribution in [-0.2, 0) is 19.1 Å². The Hall–Kier alpha value is -1.65. The molecule has 0 aliphatic carbocycles. The molecule has 5 heteroatoms. The molecular formula is C13H19NO4. The van der Waals surface area contributed by atoms with Gasteiger partial charge < -0.3 is 4.74 Å². The van der Waals surface area contributed by atoms with Crippen molar-refractivity contribution in [2.45, 2.75) is 46.0 Å². The number of carbonyl (C=O) groups excluding carboxylic acids is 3. The third-order valence-corrected chi connectivity index (χ3v) is 2.61. The van der Waals surface area contributed by atoms with Gasteiger partial charge >= 0.3 is 5.91 Å². The predicted molar refractivity (Wildman–Crippen MR) is 65.3 cm³/mol. The molecule has 0 bridgehead atoms. The Kier molecular flexibility index (Phi) is 5.55. The van der Waals surface area contributed by atoms with Gasteiger partial charge in [0.05, 0.1) is 12.7 Å². The largest absolute Gasteiger partial charge is 0.488 e. The fraction of sp³-hybridized carbons (Fsp3) is 0.615. The monoisotopic (exact) mass is 253 g/mol. The standard InChI is InChI=1S/C13H19NO4/c1-3-5-6-8-18-10-9-12(16)14(13(10)17)11(15)7-4-2/h9H,3-8H2,1-2H3. The zero-order valence-electron chi connectivity index (χ0n) is 10.9. The molecule has 5 nitrogen and oxygen atoms in total. The van der Waals surface area contributed by atoms with E-state index in [-0.39, 0.29) is 12.2 Å². The lowest BCUT2D eigenvalue weighted by molar-refractivity contribution is -0.149. The second-order valence-electron chi connectivity index (χ2n) is 4.19. The van der Waals surface area contributed by atoms with Gasteiger partial charge in [-0.15, -0.1) is 0 Å². The minimum Gasteiger partial charge on any atom is -0.488 e. The minimum absolute atomic E-state index is 0.0134. The summed E-state index contributed by atoms with van der Waals surface area (Å²) in [5.41, 5.74) is 0. The average Bonchev–Trinajstić information content (AvgIpc) is 2.60. The van der Waals surface area contributed by atoms with E-state index in [0.717, 1.165) is 25.3 Å². The third-order valence-electron chi connectivity index (χ3n) is 2.61. The predicted octanol–water partition coefficient (Wildman–Crippen LogP) is 1.77. The molecule has 0 saturated carbocycles. The summed E-state index contributed by atoms with van der Waals surface area (Å²) < 4.78 is 5.24. The van der Waals surface area contributed by atoms with Crippen LogP contribution in [0.4, 0.5) is 0 Å². The lowest BCUT2D eigenvalue weighted by Gasteiger charge is -2.12. The highest BCUT2D eigenvalue weighted by molar-refractivity contribution is 6.24. The van der Waals surface area contributed by atoms with Crippen LogP contribution in [0.5, 0.6) is 0 Å². The molecule has 0 N–H and O–H groups in total. The number of amides is 3. The number of imide groups is 3. The van der Waals surface area contributed by atoms with Gasteiger partial charge in [0.1, 0.15) is 0 Å². The SMILES string of the molecule is CCCCCOC1=CC(=O)N(C(=O)CCC)C1=O. The van der Waals surface area contributed by atoms with Gasteiger partial charge in [0.2, 0.25) is 5.91 Å². The van der Waals surface area contributed by atoms with Crippen LogP contribution in [0.15, 0.2) is 11.8 Å². The smallest absolute Gasteiger partial charge is 0.302 e. The molecule has 0 unspecified atom stereocenters. The Balaban J connectivity index is 2.53. The maximum absolute atomic E-state index is 11.8. The molecule has 1 aliphatic heterocycles. The first-order valence-corrected chi connectivity index (χ1v) is 6.37. The van der Waals surface area contributed by atoms with Gasteiger partial charge in [0.25, 0.3) is 5.91 Å². The lowest BCUT2D eigenvalue weighted by Crippen LogP contribution is -2.37. The van der Waals surface area contributed by atoms with E-state index in [0.29, 0.717) is 17.9 Å². The molecule has 0 atom stereocenters. The fourth-order valence-electron chi connectivity index (χ4n) is 1.65. The van der Waals surface area contributed by atoms with Crippen LogP contribution in [0.25, 0.3) is 0 Å². The summed E-state index contributed by atoms with van der Waals surface area (Å²) in [6.07, 6.45) is 4.78. The van der Waals surface area contributed by atoms with E-state index < -0.39 is 17.7 Å². The zero-order valence-corrected chi connectivity index (χ0v) is 10.9. The summed E-state index contributed by atoms with van der Waals surface area (Å²) in [6.45, 7) is 4.28. The van der Waals surface area contributed by atoms with Crippen molar-refractivity contribution in [3.8, 4) is 0 Å². The number of unbranched alkanes of at least 4 members (excludes halogenated alkanes) is 2. The van der Waals surface area contributed by atoms with Gasteiger partial charge in [-0.05, 0) is 12.8 Å². The van der Waals surface area contributed by atoms with Gasteiger partial charge in [0, 0.05) is 6.42 Å². The lowest BCUT2D eigenvalue weighted by atomic mass is 10.3. The van der Waals surface area contributed by atoms with E-state index in [1.165, 1.54) is 0 Å². The number of hydrogen-bond donors (Lipinski definition) is 0. The third kappa shape index (κ3) is 3.42. The van der Waals surface area contributed by atoms with Crippen molar-refractivity contribution in [2.24, 2.45) is 0 Å². The van der Waals surface area contributed by atoms with E-state index in [2.05, 4.69) is 6.92 Å². The van der Waals surface area contributed by atoms with Crippen molar-refractivity contribution in [3.63, 3.8) is 0 Å². The summed E-state index contributed by atoms with van der Waals surface area (Å²) in [5, 5.41) is 0. The average molecular weight is 253 g/mol. The Morgan fingerprint density at radius 1 is 1.22 bits per heavy atom. The molecule has 100 valence electrons. The zero-order chi connectivity index (χ0) is 13.5.